The maximum atomic E-state index is 13.3. The second-order valence-electron chi connectivity index (χ2n) is 8.14. The Balaban J connectivity index is 1.48. The topological polar surface area (TPSA) is 69.9 Å². The van der Waals surface area contributed by atoms with E-state index in [0.717, 1.165) is 24.8 Å². The third-order valence-corrected chi connectivity index (χ3v) is 6.08. The van der Waals surface area contributed by atoms with Gasteiger partial charge in [0.2, 0.25) is 0 Å². The number of carbonyl (C=O) groups excluding carboxylic acids is 1. The summed E-state index contributed by atoms with van der Waals surface area (Å²) in [5, 5.41) is 10.00. The van der Waals surface area contributed by atoms with Crippen LogP contribution in [-0.2, 0) is 0 Å². The Hall–Kier alpha value is -3.52. The molecule has 0 atom stereocenters. The Morgan fingerprint density at radius 3 is 2.68 bits per heavy atom. The van der Waals surface area contributed by atoms with Crippen LogP contribution in [0.15, 0.2) is 78.8 Å². The van der Waals surface area contributed by atoms with Crippen molar-refractivity contribution < 1.29 is 4.79 Å². The van der Waals surface area contributed by atoms with Crippen LogP contribution in [0.4, 0.5) is 0 Å². The van der Waals surface area contributed by atoms with E-state index in [1.54, 1.807) is 24.7 Å². The number of rotatable bonds is 4. The molecule has 1 aliphatic carbocycles. The molecule has 0 bridgehead atoms. The van der Waals surface area contributed by atoms with E-state index in [1.165, 1.54) is 5.57 Å². The van der Waals surface area contributed by atoms with Crippen LogP contribution in [-0.4, -0.2) is 33.9 Å². The van der Waals surface area contributed by atoms with Gasteiger partial charge in [-0.3, -0.25) is 14.8 Å². The van der Waals surface area contributed by atoms with Gasteiger partial charge in [0.25, 0.3) is 5.91 Å². The normalized spacial score (nSPS) is 18.9. The fourth-order valence-electron chi connectivity index (χ4n) is 4.26. The monoisotopic (exact) mass is 410 g/mol. The van der Waals surface area contributed by atoms with E-state index in [1.807, 2.05) is 23.1 Å². The van der Waals surface area contributed by atoms with Gasteiger partial charge in [0.15, 0.2) is 0 Å². The van der Waals surface area contributed by atoms with Crippen LogP contribution in [0.25, 0.3) is 11.3 Å². The smallest absolute Gasteiger partial charge is 0.256 e. The molecule has 5 heteroatoms. The predicted molar refractivity (Wildman–Crippen MR) is 121 cm³/mol. The first-order chi connectivity index (χ1) is 15.2. The number of aromatic nitrogens is 2. The molecule has 0 unspecified atom stereocenters. The van der Waals surface area contributed by atoms with Crippen LogP contribution < -0.4 is 0 Å². The maximum Gasteiger partial charge on any atom is 0.256 e. The summed E-state index contributed by atoms with van der Waals surface area (Å²) in [6.45, 7) is 1.15. The average Bonchev–Trinajstić information content (AvgIpc) is 2.81. The van der Waals surface area contributed by atoms with Gasteiger partial charge in [-0.15, -0.1) is 0 Å². The highest BCUT2D eigenvalue weighted by Gasteiger charge is 2.37. The zero-order valence-corrected chi connectivity index (χ0v) is 17.6. The predicted octanol–water partition coefficient (Wildman–Crippen LogP) is 5.11. The molecular formula is C26H26N4O. The molecule has 2 aromatic rings. The Morgan fingerprint density at radius 1 is 1.10 bits per heavy atom. The fourth-order valence-corrected chi connectivity index (χ4v) is 4.26. The van der Waals surface area contributed by atoms with Crippen molar-refractivity contribution in [3.63, 3.8) is 0 Å². The van der Waals surface area contributed by atoms with Crippen molar-refractivity contribution in [3.8, 4) is 17.3 Å². The number of likely N-dealkylation sites (tertiary alicyclic amines) is 1. The number of allylic oxidation sites excluding steroid dienone is 6. The van der Waals surface area contributed by atoms with Crippen LogP contribution in [0.2, 0.25) is 0 Å². The number of nitriles is 1. The van der Waals surface area contributed by atoms with Gasteiger partial charge in [-0.1, -0.05) is 36.0 Å². The van der Waals surface area contributed by atoms with Crippen molar-refractivity contribution in [2.24, 2.45) is 5.41 Å². The average molecular weight is 411 g/mol. The largest absolute Gasteiger partial charge is 0.338 e. The fraction of sp³-hybridized carbons (Fsp3) is 0.308. The molecule has 0 aromatic carbocycles. The highest BCUT2D eigenvalue weighted by Crippen LogP contribution is 2.38. The molecule has 0 radical (unpaired) electrons. The van der Waals surface area contributed by atoms with Crippen LogP contribution in [0.3, 0.4) is 0 Å². The minimum absolute atomic E-state index is 0.0262. The number of carbonyl (C=O) groups is 1. The molecule has 0 saturated carbocycles. The number of pyridine rings is 2. The summed E-state index contributed by atoms with van der Waals surface area (Å²) in [6.07, 6.45) is 19.9. The van der Waals surface area contributed by atoms with Gasteiger partial charge in [0.1, 0.15) is 0 Å². The summed E-state index contributed by atoms with van der Waals surface area (Å²) in [7, 11) is 0. The number of amides is 1. The van der Waals surface area contributed by atoms with E-state index < -0.39 is 5.41 Å². The molecule has 31 heavy (non-hydrogen) atoms. The van der Waals surface area contributed by atoms with Crippen molar-refractivity contribution >= 4 is 5.91 Å². The molecule has 156 valence electrons. The van der Waals surface area contributed by atoms with Crippen LogP contribution in [0.5, 0.6) is 0 Å². The van der Waals surface area contributed by atoms with E-state index in [-0.39, 0.29) is 5.91 Å². The molecule has 2 aliphatic rings. The van der Waals surface area contributed by atoms with Gasteiger partial charge in [-0.2, -0.15) is 5.26 Å². The van der Waals surface area contributed by atoms with Crippen molar-refractivity contribution in [3.05, 3.63) is 84.4 Å². The Bertz CT molecular complexity index is 1050. The minimum Gasteiger partial charge on any atom is -0.338 e. The third kappa shape index (κ3) is 4.80. The van der Waals surface area contributed by atoms with Gasteiger partial charge in [0, 0.05) is 37.2 Å². The van der Waals surface area contributed by atoms with Crippen molar-refractivity contribution in [2.75, 3.05) is 13.1 Å². The molecule has 1 amide bonds. The maximum absolute atomic E-state index is 13.3. The first kappa shape index (κ1) is 20.7. The lowest BCUT2D eigenvalue weighted by atomic mass is 9.74. The molecule has 0 N–H and O–H groups in total. The summed E-state index contributed by atoms with van der Waals surface area (Å²) < 4.78 is 0. The summed E-state index contributed by atoms with van der Waals surface area (Å²) in [4.78, 5) is 23.7. The van der Waals surface area contributed by atoms with E-state index >= 15 is 0 Å². The van der Waals surface area contributed by atoms with Gasteiger partial charge in [0.05, 0.1) is 22.7 Å². The van der Waals surface area contributed by atoms with Gasteiger partial charge < -0.3 is 4.90 Å². The van der Waals surface area contributed by atoms with Crippen LogP contribution in [0.1, 0.15) is 42.5 Å². The Kier molecular flexibility index (Phi) is 6.37. The van der Waals surface area contributed by atoms with Gasteiger partial charge in [-0.25, -0.2) is 0 Å². The molecule has 1 fully saturated rings. The van der Waals surface area contributed by atoms with E-state index in [4.69, 9.17) is 0 Å². The summed E-state index contributed by atoms with van der Waals surface area (Å²) >= 11 is 0. The zero-order valence-electron chi connectivity index (χ0n) is 17.6. The van der Waals surface area contributed by atoms with Gasteiger partial charge >= 0.3 is 0 Å². The molecule has 5 nitrogen and oxygen atoms in total. The SMILES string of the molecule is N#CC1(CC2=CCC/C=C/C=C2)CCN(C(=O)c2cccnc2-c2ccncc2)CC1. The second kappa shape index (κ2) is 9.53. The van der Waals surface area contributed by atoms with E-state index in [0.29, 0.717) is 37.2 Å². The molecule has 1 aliphatic heterocycles. The number of nitrogens with zero attached hydrogens (tertiary/aromatic N) is 4. The Labute approximate surface area is 183 Å². The second-order valence-corrected chi connectivity index (χ2v) is 8.14. The van der Waals surface area contributed by atoms with E-state index in [9.17, 15) is 10.1 Å². The Morgan fingerprint density at radius 2 is 1.90 bits per heavy atom. The molecule has 4 rings (SSSR count). The lowest BCUT2D eigenvalue weighted by Crippen LogP contribution is -2.43. The molecular weight excluding hydrogens is 384 g/mol. The molecule has 0 spiro atoms. The minimum atomic E-state index is -0.418. The molecule has 3 heterocycles. The third-order valence-electron chi connectivity index (χ3n) is 6.08. The van der Waals surface area contributed by atoms with Crippen molar-refractivity contribution in [1.29, 1.82) is 5.26 Å². The number of hydrogen-bond donors (Lipinski definition) is 0. The quantitative estimate of drug-likeness (QED) is 0.702. The lowest BCUT2D eigenvalue weighted by Gasteiger charge is -2.38. The van der Waals surface area contributed by atoms with Crippen LogP contribution in [0, 0.1) is 16.7 Å². The lowest BCUT2D eigenvalue weighted by molar-refractivity contribution is 0.0648. The van der Waals surface area contributed by atoms with Crippen LogP contribution >= 0.6 is 0 Å². The summed E-state index contributed by atoms with van der Waals surface area (Å²) in [5.74, 6) is -0.0262. The highest BCUT2D eigenvalue weighted by atomic mass is 16.2. The molecule has 2 aromatic heterocycles. The highest BCUT2D eigenvalue weighted by molar-refractivity contribution is 5.99. The summed E-state index contributed by atoms with van der Waals surface area (Å²) in [6, 6.07) is 9.94. The van der Waals surface area contributed by atoms with Crippen molar-refractivity contribution in [1.82, 2.24) is 14.9 Å². The molecule has 1 saturated heterocycles. The number of hydrogen-bond acceptors (Lipinski definition) is 4. The van der Waals surface area contributed by atoms with Crippen molar-refractivity contribution in [2.45, 2.75) is 32.1 Å². The first-order valence-electron chi connectivity index (χ1n) is 10.8. The van der Waals surface area contributed by atoms with Gasteiger partial charge in [-0.05, 0) is 56.4 Å². The standard InChI is InChI=1S/C26H26N4O/c27-20-26(19-21-7-4-2-1-3-5-8-21)12-17-30(18-13-26)25(31)23-9-6-14-29-24(23)22-10-15-28-16-11-22/h1-2,4,6-11,14-16H,3,5,12-13,17-19H2/b2-1+,7-4?,21-8?. The first-order valence-corrected chi connectivity index (χ1v) is 10.8. The zero-order chi connectivity index (χ0) is 21.5. The summed E-state index contributed by atoms with van der Waals surface area (Å²) in [5.41, 5.74) is 2.94. The number of piperidine rings is 1. The van der Waals surface area contributed by atoms with E-state index in [2.05, 4.69) is 46.4 Å².